The minimum atomic E-state index is -1.60. The molecule has 0 unspecified atom stereocenters. The molecule has 4 rings (SSSR count). The number of nitrogens with one attached hydrogen (secondary N) is 2. The molecule has 40 heavy (non-hydrogen) atoms. The molecule has 1 fully saturated rings. The fourth-order valence-corrected chi connectivity index (χ4v) is 5.80. The maximum Gasteiger partial charge on any atom is 0.254 e. The van der Waals surface area contributed by atoms with Crippen molar-refractivity contribution in [2.75, 3.05) is 17.4 Å². The second-order valence-corrected chi connectivity index (χ2v) is 10.8. The van der Waals surface area contributed by atoms with Gasteiger partial charge in [-0.15, -0.1) is 11.8 Å². The number of anilines is 1. The summed E-state index contributed by atoms with van der Waals surface area (Å²) in [6.45, 7) is 3.76. The van der Waals surface area contributed by atoms with Crippen molar-refractivity contribution < 1.29 is 24.6 Å². The fraction of sp³-hybridized carbons (Fsp3) is 0.300. The predicted octanol–water partition coefficient (Wildman–Crippen LogP) is 2.51. The highest BCUT2D eigenvalue weighted by Crippen LogP contribution is 2.24. The number of carbonyl (C=O) groups is 3. The molecule has 0 aliphatic carbocycles. The second-order valence-electron chi connectivity index (χ2n) is 9.84. The van der Waals surface area contributed by atoms with Crippen LogP contribution in [0.5, 0.6) is 5.75 Å². The van der Waals surface area contributed by atoms with Crippen LogP contribution in [0.4, 0.5) is 5.69 Å². The first-order valence-electron chi connectivity index (χ1n) is 13.0. The van der Waals surface area contributed by atoms with E-state index in [0.717, 1.165) is 16.7 Å². The van der Waals surface area contributed by atoms with Crippen molar-refractivity contribution in [2.45, 2.75) is 45.0 Å². The molecule has 3 atom stereocenters. The molecule has 0 aromatic heterocycles. The Balaban J connectivity index is 1.50. The predicted molar refractivity (Wildman–Crippen MR) is 156 cm³/mol. The normalized spacial score (nSPS) is 16.3. The molecular weight excluding hydrogens is 528 g/mol. The lowest BCUT2D eigenvalue weighted by molar-refractivity contribution is -0.146. The number of hydrogen-bond acceptors (Lipinski definition) is 7. The van der Waals surface area contributed by atoms with E-state index in [0.29, 0.717) is 17.0 Å². The number of benzene rings is 3. The van der Waals surface area contributed by atoms with Crippen LogP contribution in [-0.4, -0.2) is 62.7 Å². The van der Waals surface area contributed by atoms with Crippen molar-refractivity contribution in [1.82, 2.24) is 15.5 Å². The molecule has 6 N–H and O–H groups in total. The van der Waals surface area contributed by atoms with E-state index >= 15 is 0 Å². The van der Waals surface area contributed by atoms with E-state index in [1.165, 1.54) is 22.7 Å². The van der Waals surface area contributed by atoms with Crippen molar-refractivity contribution in [3.8, 4) is 5.75 Å². The Kier molecular flexibility index (Phi) is 9.34. The maximum atomic E-state index is 13.6. The van der Waals surface area contributed by atoms with Gasteiger partial charge in [0, 0.05) is 29.1 Å². The largest absolute Gasteiger partial charge is 0.508 e. The van der Waals surface area contributed by atoms with Gasteiger partial charge in [-0.3, -0.25) is 14.4 Å². The third-order valence-electron chi connectivity index (χ3n) is 7.21. The fourth-order valence-electron chi connectivity index (χ4n) is 4.64. The number of nitrogens with zero attached hydrogens (tertiary/aromatic N) is 1. The summed E-state index contributed by atoms with van der Waals surface area (Å²) in [5.41, 5.74) is 9.82. The molecule has 210 valence electrons. The van der Waals surface area contributed by atoms with Crippen LogP contribution < -0.4 is 16.4 Å². The lowest BCUT2D eigenvalue weighted by Gasteiger charge is -2.30. The van der Waals surface area contributed by atoms with E-state index in [9.17, 15) is 24.6 Å². The molecule has 1 heterocycles. The lowest BCUT2D eigenvalue weighted by atomic mass is 9.98. The molecule has 9 nitrogen and oxygen atoms in total. The van der Waals surface area contributed by atoms with Crippen LogP contribution in [0.15, 0.2) is 66.7 Å². The van der Waals surface area contributed by atoms with Gasteiger partial charge in [0.1, 0.15) is 11.8 Å². The minimum Gasteiger partial charge on any atom is -0.508 e. The first kappa shape index (κ1) is 29.0. The molecule has 1 saturated heterocycles. The number of thioether (sulfide) groups is 1. The van der Waals surface area contributed by atoms with Gasteiger partial charge >= 0.3 is 0 Å². The Morgan fingerprint density at radius 2 is 1.75 bits per heavy atom. The summed E-state index contributed by atoms with van der Waals surface area (Å²) < 4.78 is 0. The highest BCUT2D eigenvalue weighted by atomic mass is 32.2. The molecule has 1 aliphatic heterocycles. The Bertz CT molecular complexity index is 1380. The van der Waals surface area contributed by atoms with Gasteiger partial charge in [0.05, 0.1) is 11.9 Å². The highest BCUT2D eigenvalue weighted by molar-refractivity contribution is 7.99. The first-order valence-corrected chi connectivity index (χ1v) is 14.1. The van der Waals surface area contributed by atoms with Crippen molar-refractivity contribution in [3.05, 3.63) is 94.5 Å². The molecule has 0 spiro atoms. The van der Waals surface area contributed by atoms with Crippen molar-refractivity contribution in [3.63, 3.8) is 0 Å². The summed E-state index contributed by atoms with van der Waals surface area (Å²) in [6, 6.07) is 17.6. The van der Waals surface area contributed by atoms with Gasteiger partial charge in [0.2, 0.25) is 5.91 Å². The monoisotopic (exact) mass is 562 g/mol. The van der Waals surface area contributed by atoms with Gasteiger partial charge in [-0.25, -0.2) is 0 Å². The number of phenols is 1. The van der Waals surface area contributed by atoms with Crippen LogP contribution in [0.3, 0.4) is 0 Å². The quantitative estimate of drug-likeness (QED) is 0.252. The summed E-state index contributed by atoms with van der Waals surface area (Å²) in [4.78, 5) is 41.2. The summed E-state index contributed by atoms with van der Waals surface area (Å²) in [5, 5.41) is 27.0. The van der Waals surface area contributed by atoms with Crippen molar-refractivity contribution in [2.24, 2.45) is 0 Å². The summed E-state index contributed by atoms with van der Waals surface area (Å²) in [5.74, 6) is -0.893. The minimum absolute atomic E-state index is 0.0276. The van der Waals surface area contributed by atoms with Crippen LogP contribution >= 0.6 is 11.8 Å². The number of nitrogen functional groups attached to an aromatic ring is 1. The molecule has 10 heteroatoms. The maximum absolute atomic E-state index is 13.6. The molecule has 0 radical (unpaired) electrons. The second kappa shape index (κ2) is 12.9. The number of amides is 3. The van der Waals surface area contributed by atoms with E-state index < -0.39 is 30.0 Å². The van der Waals surface area contributed by atoms with E-state index in [1.54, 1.807) is 25.1 Å². The number of aliphatic hydroxyl groups excluding tert-OH is 1. The lowest BCUT2D eigenvalue weighted by Crippen LogP contribution is -2.56. The van der Waals surface area contributed by atoms with E-state index in [-0.39, 0.29) is 36.1 Å². The number of carbonyl (C=O) groups excluding carboxylic acids is 3. The van der Waals surface area contributed by atoms with E-state index in [2.05, 4.69) is 10.6 Å². The molecule has 0 bridgehead atoms. The zero-order valence-corrected chi connectivity index (χ0v) is 23.3. The van der Waals surface area contributed by atoms with Gasteiger partial charge in [-0.1, -0.05) is 48.5 Å². The number of nitrogens with two attached hydrogens (primary N) is 1. The number of hydrogen-bond donors (Lipinski definition) is 5. The average molecular weight is 563 g/mol. The van der Waals surface area contributed by atoms with Gasteiger partial charge < -0.3 is 31.5 Å². The summed E-state index contributed by atoms with van der Waals surface area (Å²) in [7, 11) is 0. The topological polar surface area (TPSA) is 145 Å². The Morgan fingerprint density at radius 3 is 2.50 bits per heavy atom. The van der Waals surface area contributed by atoms with Crippen molar-refractivity contribution in [1.29, 1.82) is 0 Å². The van der Waals surface area contributed by atoms with Crippen LogP contribution in [0, 0.1) is 13.8 Å². The van der Waals surface area contributed by atoms with Gasteiger partial charge in [-0.05, 0) is 55.2 Å². The highest BCUT2D eigenvalue weighted by Gasteiger charge is 2.40. The molecule has 3 aromatic rings. The number of aliphatic hydroxyl groups is 1. The average Bonchev–Trinajstić information content (AvgIpc) is 3.45. The van der Waals surface area contributed by atoms with E-state index in [4.69, 9.17) is 5.73 Å². The number of phenolic OH excluding ortho intramolecular Hbond substituents is 1. The molecular formula is C30H34N4O5S. The standard InChI is InChI=1S/C30H34N4O5S/c1-18-21(10-6-12-23(18)31)15-32-29(38)25-16-40-17-34(25)30(39)27(36)24(14-20-8-4-3-5-9-20)33-28(37)22-11-7-13-26(35)19(22)2/h3-13,24-25,27,35-36H,14-17,31H2,1-2H3,(H,32,38)(H,33,37)/t24-,25-,27-/m0/s1. The zero-order chi connectivity index (χ0) is 28.8. The van der Waals surface area contributed by atoms with Crippen LogP contribution in [0.1, 0.15) is 32.6 Å². The third kappa shape index (κ3) is 6.57. The van der Waals surface area contributed by atoms with Crippen molar-refractivity contribution >= 4 is 35.2 Å². The van der Waals surface area contributed by atoms with Crippen LogP contribution in [0.2, 0.25) is 0 Å². The SMILES string of the molecule is Cc1c(N)cccc1CNC(=O)[C@@H]1CSCN1C(=O)[C@@H](O)[C@H](Cc1ccccc1)NC(=O)c1cccc(O)c1C. The summed E-state index contributed by atoms with van der Waals surface area (Å²) >= 11 is 1.42. The smallest absolute Gasteiger partial charge is 0.254 e. The van der Waals surface area contributed by atoms with Gasteiger partial charge in [0.15, 0.2) is 6.10 Å². The van der Waals surface area contributed by atoms with E-state index in [1.807, 2.05) is 49.4 Å². The van der Waals surface area contributed by atoms with Gasteiger partial charge in [0.25, 0.3) is 11.8 Å². The summed E-state index contributed by atoms with van der Waals surface area (Å²) in [6.07, 6.45) is -1.42. The van der Waals surface area contributed by atoms with Gasteiger partial charge in [-0.2, -0.15) is 0 Å². The first-order chi connectivity index (χ1) is 19.2. The molecule has 3 amide bonds. The molecule has 0 saturated carbocycles. The Hall–Kier alpha value is -4.02. The zero-order valence-electron chi connectivity index (χ0n) is 22.5. The molecule has 3 aromatic carbocycles. The number of aromatic hydroxyl groups is 1. The molecule has 1 aliphatic rings. The van der Waals surface area contributed by atoms with Crippen LogP contribution in [0.25, 0.3) is 0 Å². The van der Waals surface area contributed by atoms with Crippen LogP contribution in [-0.2, 0) is 22.6 Å². The Labute approximate surface area is 237 Å². The number of rotatable bonds is 9. The third-order valence-corrected chi connectivity index (χ3v) is 8.22. The Morgan fingerprint density at radius 1 is 1.02 bits per heavy atom.